The highest BCUT2D eigenvalue weighted by atomic mass is 32.2. The SMILES string of the molecule is Cc1ccc(Sc2oc(-c3ccc(C)cc3)nc2C(=O)O)cc1. The van der Waals surface area contributed by atoms with E-state index in [0.717, 1.165) is 21.6 Å². The van der Waals surface area contributed by atoms with Gasteiger partial charge in [-0.3, -0.25) is 0 Å². The third-order valence-corrected chi connectivity index (χ3v) is 4.30. The second-order valence-corrected chi connectivity index (χ2v) is 6.29. The Morgan fingerprint density at radius 1 is 1.00 bits per heavy atom. The maximum Gasteiger partial charge on any atom is 0.359 e. The molecule has 3 aromatic rings. The van der Waals surface area contributed by atoms with Crippen molar-refractivity contribution in [2.24, 2.45) is 0 Å². The fourth-order valence-corrected chi connectivity index (χ4v) is 2.88. The lowest BCUT2D eigenvalue weighted by Crippen LogP contribution is -1.98. The summed E-state index contributed by atoms with van der Waals surface area (Å²) in [6, 6.07) is 15.4. The lowest BCUT2D eigenvalue weighted by Gasteiger charge is -1.99. The zero-order valence-electron chi connectivity index (χ0n) is 12.7. The van der Waals surface area contributed by atoms with Crippen molar-refractivity contribution in [3.8, 4) is 11.5 Å². The summed E-state index contributed by atoms with van der Waals surface area (Å²) in [5.41, 5.74) is 2.96. The van der Waals surface area contributed by atoms with Crippen LogP contribution in [0, 0.1) is 13.8 Å². The minimum Gasteiger partial charge on any atom is -0.476 e. The second kappa shape index (κ2) is 6.30. The van der Waals surface area contributed by atoms with Crippen molar-refractivity contribution >= 4 is 17.7 Å². The Morgan fingerprint density at radius 3 is 2.13 bits per heavy atom. The Balaban J connectivity index is 1.97. The molecule has 23 heavy (non-hydrogen) atoms. The van der Waals surface area contributed by atoms with Gasteiger partial charge in [0.2, 0.25) is 16.7 Å². The highest BCUT2D eigenvalue weighted by molar-refractivity contribution is 7.99. The van der Waals surface area contributed by atoms with Crippen LogP contribution in [0.3, 0.4) is 0 Å². The van der Waals surface area contributed by atoms with Crippen LogP contribution in [0.2, 0.25) is 0 Å². The molecule has 0 bridgehead atoms. The van der Waals surface area contributed by atoms with Crippen molar-refractivity contribution in [1.82, 2.24) is 4.98 Å². The van der Waals surface area contributed by atoms with E-state index in [1.807, 2.05) is 62.4 Å². The van der Waals surface area contributed by atoms with E-state index in [-0.39, 0.29) is 10.8 Å². The number of carboxylic acid groups (broad SMARTS) is 1. The molecule has 0 aliphatic rings. The summed E-state index contributed by atoms with van der Waals surface area (Å²) in [6.07, 6.45) is 0. The number of aryl methyl sites for hydroxylation is 2. The van der Waals surface area contributed by atoms with Gasteiger partial charge in [0.25, 0.3) is 0 Å². The van der Waals surface area contributed by atoms with E-state index in [1.165, 1.54) is 11.8 Å². The van der Waals surface area contributed by atoms with Gasteiger partial charge in [-0.1, -0.05) is 35.4 Å². The molecule has 0 aliphatic carbocycles. The summed E-state index contributed by atoms with van der Waals surface area (Å²) >= 11 is 1.26. The number of aromatic nitrogens is 1. The minimum absolute atomic E-state index is 0.0637. The van der Waals surface area contributed by atoms with E-state index in [1.54, 1.807) is 0 Å². The van der Waals surface area contributed by atoms with Crippen LogP contribution in [0.5, 0.6) is 0 Å². The van der Waals surface area contributed by atoms with E-state index in [2.05, 4.69) is 4.98 Å². The molecule has 0 amide bonds. The number of rotatable bonds is 4. The number of aromatic carboxylic acids is 1. The Kier molecular flexibility index (Phi) is 4.21. The highest BCUT2D eigenvalue weighted by Crippen LogP contribution is 2.34. The second-order valence-electron chi connectivity index (χ2n) is 5.24. The minimum atomic E-state index is -1.10. The van der Waals surface area contributed by atoms with Gasteiger partial charge in [0, 0.05) is 10.5 Å². The number of hydrogen-bond acceptors (Lipinski definition) is 4. The van der Waals surface area contributed by atoms with Gasteiger partial charge in [-0.05, 0) is 49.9 Å². The fraction of sp³-hybridized carbons (Fsp3) is 0.111. The topological polar surface area (TPSA) is 63.3 Å². The van der Waals surface area contributed by atoms with E-state index in [9.17, 15) is 9.90 Å². The summed E-state index contributed by atoms with van der Waals surface area (Å²) in [5, 5.41) is 9.65. The number of hydrogen-bond donors (Lipinski definition) is 1. The van der Waals surface area contributed by atoms with Gasteiger partial charge in [-0.15, -0.1) is 0 Å². The first-order valence-corrected chi connectivity index (χ1v) is 7.90. The molecule has 0 fully saturated rings. The van der Waals surface area contributed by atoms with Crippen LogP contribution in [0.25, 0.3) is 11.5 Å². The quantitative estimate of drug-likeness (QED) is 0.746. The molecule has 116 valence electrons. The molecule has 0 radical (unpaired) electrons. The van der Waals surface area contributed by atoms with Gasteiger partial charge in [0.05, 0.1) is 0 Å². The number of carboxylic acids is 1. The third kappa shape index (κ3) is 3.46. The molecular formula is C18H15NO3S. The summed E-state index contributed by atoms with van der Waals surface area (Å²) in [6.45, 7) is 3.99. The van der Waals surface area contributed by atoms with Crippen LogP contribution in [0.4, 0.5) is 0 Å². The van der Waals surface area contributed by atoms with Gasteiger partial charge in [0.15, 0.2) is 0 Å². The van der Waals surface area contributed by atoms with Crippen molar-refractivity contribution in [2.45, 2.75) is 23.8 Å². The molecule has 0 aliphatic heterocycles. The van der Waals surface area contributed by atoms with Crippen molar-refractivity contribution in [3.05, 3.63) is 65.4 Å². The van der Waals surface area contributed by atoms with Crippen LogP contribution in [0.15, 0.2) is 62.9 Å². The van der Waals surface area contributed by atoms with E-state index in [0.29, 0.717) is 5.89 Å². The van der Waals surface area contributed by atoms with Gasteiger partial charge in [0.1, 0.15) is 0 Å². The highest BCUT2D eigenvalue weighted by Gasteiger charge is 2.21. The normalized spacial score (nSPS) is 10.7. The molecule has 5 heteroatoms. The lowest BCUT2D eigenvalue weighted by molar-refractivity contribution is 0.0685. The van der Waals surface area contributed by atoms with Gasteiger partial charge in [-0.2, -0.15) is 0 Å². The van der Waals surface area contributed by atoms with Crippen molar-refractivity contribution < 1.29 is 14.3 Å². The van der Waals surface area contributed by atoms with Crippen molar-refractivity contribution in [3.63, 3.8) is 0 Å². The average Bonchev–Trinajstić information content (AvgIpc) is 2.94. The predicted octanol–water partition coefficient (Wildman–Crippen LogP) is 4.81. The molecule has 0 saturated carbocycles. The lowest BCUT2D eigenvalue weighted by atomic mass is 10.1. The standard InChI is InChI=1S/C18H15NO3S/c1-11-3-7-13(8-4-11)16-19-15(17(20)21)18(22-16)23-14-9-5-12(2)6-10-14/h3-10H,1-2H3,(H,20,21). The zero-order valence-corrected chi connectivity index (χ0v) is 13.6. The molecule has 0 unspecified atom stereocenters. The first-order chi connectivity index (χ1) is 11.0. The van der Waals surface area contributed by atoms with Crippen molar-refractivity contribution in [1.29, 1.82) is 0 Å². The number of oxazole rings is 1. The van der Waals surface area contributed by atoms with Crippen molar-refractivity contribution in [2.75, 3.05) is 0 Å². The Morgan fingerprint density at radius 2 is 1.57 bits per heavy atom. The zero-order chi connectivity index (χ0) is 16.4. The molecule has 1 heterocycles. The fourth-order valence-electron chi connectivity index (χ4n) is 2.04. The summed E-state index contributed by atoms with van der Waals surface area (Å²) in [4.78, 5) is 16.5. The first-order valence-electron chi connectivity index (χ1n) is 7.08. The Labute approximate surface area is 138 Å². The monoisotopic (exact) mass is 325 g/mol. The molecule has 0 saturated heterocycles. The van der Waals surface area contributed by atoms with Crippen LogP contribution in [-0.4, -0.2) is 16.1 Å². The molecule has 4 nitrogen and oxygen atoms in total. The van der Waals surface area contributed by atoms with Crippen LogP contribution >= 0.6 is 11.8 Å². The summed E-state index contributed by atoms with van der Waals surface area (Å²) in [5.74, 6) is -0.779. The van der Waals surface area contributed by atoms with Crippen LogP contribution in [-0.2, 0) is 0 Å². The molecule has 1 aromatic heterocycles. The molecule has 1 N–H and O–H groups in total. The maximum absolute atomic E-state index is 11.4. The number of nitrogens with zero attached hydrogens (tertiary/aromatic N) is 1. The molecule has 3 rings (SSSR count). The largest absolute Gasteiger partial charge is 0.476 e. The summed E-state index contributed by atoms with van der Waals surface area (Å²) < 4.78 is 5.71. The van der Waals surface area contributed by atoms with E-state index in [4.69, 9.17) is 4.42 Å². The Hall–Kier alpha value is -2.53. The molecule has 0 spiro atoms. The van der Waals surface area contributed by atoms with Gasteiger partial charge >= 0.3 is 5.97 Å². The van der Waals surface area contributed by atoms with Gasteiger partial charge in [-0.25, -0.2) is 9.78 Å². The number of benzene rings is 2. The number of carbonyl (C=O) groups is 1. The summed E-state index contributed by atoms with van der Waals surface area (Å²) in [7, 11) is 0. The Bertz CT molecular complexity index is 836. The average molecular weight is 325 g/mol. The van der Waals surface area contributed by atoms with E-state index >= 15 is 0 Å². The molecular weight excluding hydrogens is 310 g/mol. The molecule has 2 aromatic carbocycles. The smallest absolute Gasteiger partial charge is 0.359 e. The molecule has 0 atom stereocenters. The van der Waals surface area contributed by atoms with Gasteiger partial charge < -0.3 is 9.52 Å². The van der Waals surface area contributed by atoms with Crippen LogP contribution < -0.4 is 0 Å². The third-order valence-electron chi connectivity index (χ3n) is 3.33. The maximum atomic E-state index is 11.4. The first kappa shape index (κ1) is 15.4. The van der Waals surface area contributed by atoms with E-state index < -0.39 is 5.97 Å². The van der Waals surface area contributed by atoms with Crippen LogP contribution in [0.1, 0.15) is 21.6 Å². The predicted molar refractivity (Wildman–Crippen MR) is 88.9 cm³/mol.